The van der Waals surface area contributed by atoms with Crippen LogP contribution in [0.1, 0.15) is 0 Å². The van der Waals surface area contributed by atoms with E-state index < -0.39 is 0 Å². The lowest BCUT2D eigenvalue weighted by Gasteiger charge is -2.33. The zero-order chi connectivity index (χ0) is 36.0. The van der Waals surface area contributed by atoms with E-state index in [0.29, 0.717) is 0 Å². The molecule has 256 valence electrons. The molecule has 0 aliphatic carbocycles. The average Bonchev–Trinajstić information content (AvgIpc) is 3.56. The number of ether oxygens (including phenoxy) is 2. The van der Waals surface area contributed by atoms with Crippen LogP contribution in [-0.2, 0) is 0 Å². The normalized spacial score (nSPS) is 12.6. The van der Waals surface area contributed by atoms with Crippen molar-refractivity contribution in [1.82, 2.24) is 4.57 Å². The molecule has 2 aliphatic rings. The van der Waals surface area contributed by atoms with Gasteiger partial charge in [0.25, 0.3) is 6.71 Å². The minimum Gasteiger partial charge on any atom is -0.458 e. The largest absolute Gasteiger partial charge is 0.458 e. The Balaban J connectivity index is 1.13. The Hall–Kier alpha value is -7.24. The number of anilines is 3. The first-order valence-electron chi connectivity index (χ1n) is 18.8. The fourth-order valence-electron chi connectivity index (χ4n) is 9.04. The Labute approximate surface area is 318 Å². The molecule has 3 heterocycles. The molecule has 0 saturated carbocycles. The van der Waals surface area contributed by atoms with Crippen molar-refractivity contribution in [2.75, 3.05) is 4.90 Å². The predicted octanol–water partition coefficient (Wildman–Crippen LogP) is 11.3. The molecule has 0 radical (unpaired) electrons. The van der Waals surface area contributed by atoms with Gasteiger partial charge in [-0.05, 0) is 111 Å². The summed E-state index contributed by atoms with van der Waals surface area (Å²) in [6, 6.07) is 67.2. The van der Waals surface area contributed by atoms with Gasteiger partial charge in [-0.15, -0.1) is 0 Å². The van der Waals surface area contributed by atoms with Crippen molar-refractivity contribution in [1.29, 1.82) is 0 Å². The van der Waals surface area contributed by atoms with Crippen LogP contribution in [0.3, 0.4) is 0 Å². The highest BCUT2D eigenvalue weighted by Gasteiger charge is 2.41. The molecule has 9 aromatic carbocycles. The van der Waals surface area contributed by atoms with Crippen LogP contribution >= 0.6 is 0 Å². The van der Waals surface area contributed by atoms with Gasteiger partial charge in [0.05, 0.1) is 11.0 Å². The van der Waals surface area contributed by atoms with Crippen molar-refractivity contribution in [2.24, 2.45) is 0 Å². The summed E-state index contributed by atoms with van der Waals surface area (Å²) in [6.45, 7) is -0.0616. The minimum absolute atomic E-state index is 0.0616. The zero-order valence-corrected chi connectivity index (χ0v) is 29.7. The Morgan fingerprint density at radius 1 is 0.382 bits per heavy atom. The van der Waals surface area contributed by atoms with Crippen LogP contribution in [0.15, 0.2) is 188 Å². The molecule has 1 aromatic heterocycles. The third-order valence-electron chi connectivity index (χ3n) is 11.4. The van der Waals surface area contributed by atoms with Crippen LogP contribution in [0.5, 0.6) is 23.0 Å². The molecule has 0 N–H and O–H groups in total. The summed E-state index contributed by atoms with van der Waals surface area (Å²) in [5.41, 5.74) is 10.0. The van der Waals surface area contributed by atoms with Gasteiger partial charge in [0.15, 0.2) is 0 Å². The summed E-state index contributed by atoms with van der Waals surface area (Å²) in [5.74, 6) is 3.46. The second kappa shape index (κ2) is 11.6. The lowest BCUT2D eigenvalue weighted by molar-refractivity contribution is 0.465. The highest BCUT2D eigenvalue weighted by atomic mass is 16.5. The van der Waals surface area contributed by atoms with E-state index in [1.165, 1.54) is 27.0 Å². The van der Waals surface area contributed by atoms with E-state index in [2.05, 4.69) is 191 Å². The number of fused-ring (bicyclic) bond motifs is 10. The maximum atomic E-state index is 6.84. The first-order valence-corrected chi connectivity index (χ1v) is 18.8. The van der Waals surface area contributed by atoms with E-state index in [9.17, 15) is 0 Å². The molecule has 0 bridgehead atoms. The van der Waals surface area contributed by atoms with Crippen LogP contribution < -0.4 is 30.8 Å². The minimum atomic E-state index is -0.0616. The maximum absolute atomic E-state index is 6.84. The van der Waals surface area contributed by atoms with Crippen LogP contribution in [0, 0.1) is 0 Å². The Morgan fingerprint density at radius 2 is 1.02 bits per heavy atom. The Bertz CT molecular complexity index is 3170. The van der Waals surface area contributed by atoms with Crippen LogP contribution in [0.25, 0.3) is 49.0 Å². The van der Waals surface area contributed by atoms with E-state index in [1.807, 2.05) is 6.07 Å². The molecule has 0 unspecified atom stereocenters. The maximum Gasteiger partial charge on any atom is 0.261 e. The molecule has 0 atom stereocenters. The number of benzene rings is 9. The highest BCUT2D eigenvalue weighted by Crippen LogP contribution is 2.43. The van der Waals surface area contributed by atoms with Crippen molar-refractivity contribution in [2.45, 2.75) is 0 Å². The monoisotopic (exact) mass is 702 g/mol. The molecule has 0 fully saturated rings. The van der Waals surface area contributed by atoms with Crippen LogP contribution in [-0.4, -0.2) is 11.3 Å². The smallest absolute Gasteiger partial charge is 0.261 e. The summed E-state index contributed by atoms with van der Waals surface area (Å²) < 4.78 is 15.9. The quantitative estimate of drug-likeness (QED) is 0.171. The molecular formula is C50H31BN2O2. The summed E-state index contributed by atoms with van der Waals surface area (Å²) in [7, 11) is 0. The molecule has 55 heavy (non-hydrogen) atoms. The van der Waals surface area contributed by atoms with Gasteiger partial charge in [-0.25, -0.2) is 0 Å². The molecular weight excluding hydrogens is 671 g/mol. The fraction of sp³-hybridized carbons (Fsp3) is 0. The predicted molar refractivity (Wildman–Crippen MR) is 228 cm³/mol. The van der Waals surface area contributed by atoms with Gasteiger partial charge in [0.2, 0.25) is 0 Å². The Morgan fingerprint density at radius 3 is 1.85 bits per heavy atom. The van der Waals surface area contributed by atoms with Gasteiger partial charge >= 0.3 is 0 Å². The van der Waals surface area contributed by atoms with Crippen molar-refractivity contribution in [3.05, 3.63) is 188 Å². The van der Waals surface area contributed by atoms with Gasteiger partial charge in [-0.2, -0.15) is 0 Å². The Kier molecular flexibility index (Phi) is 6.40. The summed E-state index contributed by atoms with van der Waals surface area (Å²) in [4.78, 5) is 2.36. The zero-order valence-electron chi connectivity index (χ0n) is 29.7. The van der Waals surface area contributed by atoms with E-state index in [1.54, 1.807) is 0 Å². The average molecular weight is 703 g/mol. The molecule has 12 rings (SSSR count). The number of rotatable bonds is 4. The molecule has 0 saturated heterocycles. The molecule has 0 spiro atoms. The lowest BCUT2D eigenvalue weighted by atomic mass is 9.34. The van der Waals surface area contributed by atoms with Crippen molar-refractivity contribution < 1.29 is 9.47 Å². The van der Waals surface area contributed by atoms with E-state index in [0.717, 1.165) is 78.5 Å². The molecule has 4 nitrogen and oxygen atoms in total. The fourth-order valence-corrected chi connectivity index (χ4v) is 9.04. The number of nitrogens with zero attached hydrogens (tertiary/aromatic N) is 2. The second-order valence-corrected chi connectivity index (χ2v) is 14.5. The van der Waals surface area contributed by atoms with Crippen LogP contribution in [0.4, 0.5) is 17.1 Å². The van der Waals surface area contributed by atoms with Gasteiger partial charge in [-0.1, -0.05) is 109 Å². The number of aromatic nitrogens is 1. The highest BCUT2D eigenvalue weighted by molar-refractivity contribution is 6.99. The molecule has 10 aromatic rings. The third-order valence-corrected chi connectivity index (χ3v) is 11.4. The first kappa shape index (κ1) is 30.2. The number of hydrogen-bond donors (Lipinski definition) is 0. The van der Waals surface area contributed by atoms with Gasteiger partial charge in [0, 0.05) is 39.0 Å². The summed E-state index contributed by atoms with van der Waals surface area (Å²) in [5, 5.41) is 7.13. The van der Waals surface area contributed by atoms with Crippen LogP contribution in [0.2, 0.25) is 0 Å². The summed E-state index contributed by atoms with van der Waals surface area (Å²) >= 11 is 0. The van der Waals surface area contributed by atoms with E-state index in [-0.39, 0.29) is 6.71 Å². The lowest BCUT2D eigenvalue weighted by Crippen LogP contribution is -2.57. The van der Waals surface area contributed by atoms with Gasteiger partial charge in [-0.3, -0.25) is 0 Å². The molecule has 2 aliphatic heterocycles. The van der Waals surface area contributed by atoms with Crippen molar-refractivity contribution in [3.8, 4) is 28.7 Å². The topological polar surface area (TPSA) is 26.6 Å². The third kappa shape index (κ3) is 4.53. The number of hydrogen-bond acceptors (Lipinski definition) is 3. The molecule has 5 heteroatoms. The van der Waals surface area contributed by atoms with Gasteiger partial charge in [0.1, 0.15) is 23.0 Å². The SMILES string of the molecule is c1ccc(N(c2ccc3ccccc3c2)c2ccc3c4cc5c(cc4n(-c4ccccc4)c3c2)B2c3c(cccc3Oc3ccc4ccccc4c32)O5)cc1. The van der Waals surface area contributed by atoms with Crippen molar-refractivity contribution >= 4 is 83.5 Å². The summed E-state index contributed by atoms with van der Waals surface area (Å²) in [6.07, 6.45) is 0. The molecule has 0 amide bonds. The van der Waals surface area contributed by atoms with Crippen molar-refractivity contribution in [3.63, 3.8) is 0 Å². The second-order valence-electron chi connectivity index (χ2n) is 14.5. The van der Waals surface area contributed by atoms with E-state index >= 15 is 0 Å². The standard InChI is InChI=1S/C50H31BN2O2/c1-3-15-35(16-4-1)52(37-24-22-32-12-7-8-14-34(32)28-37)38-25-26-40-41-30-48-42(31-44(41)53(43(40)29-38)36-17-5-2-6-18-36)51-49-39-19-10-9-13-33(39)23-27-47(49)54-45-20-11-21-46(55-48)50(45)51/h1-31H. The van der Waals surface area contributed by atoms with Gasteiger partial charge < -0.3 is 18.9 Å². The number of para-hydroxylation sites is 2. The van der Waals surface area contributed by atoms with E-state index in [4.69, 9.17) is 9.47 Å². The first-order chi connectivity index (χ1) is 27.3.